The van der Waals surface area contributed by atoms with Gasteiger partial charge in [-0.2, -0.15) is 0 Å². The van der Waals surface area contributed by atoms with E-state index in [4.69, 9.17) is 22.1 Å². The second-order valence-corrected chi connectivity index (χ2v) is 11.7. The molecule has 0 saturated heterocycles. The number of hydrogen-bond donors (Lipinski definition) is 0. The van der Waals surface area contributed by atoms with Crippen molar-refractivity contribution in [1.82, 2.24) is 15.0 Å². The molecule has 2 heterocycles. The molecule has 0 unspecified atom stereocenters. The first-order valence-corrected chi connectivity index (χ1v) is 16.0. The Labute approximate surface area is 289 Å². The van der Waals surface area contributed by atoms with Crippen LogP contribution in [0.15, 0.2) is 180 Å². The number of fused-ring (bicyclic) bond motifs is 3. The van der Waals surface area contributed by atoms with Gasteiger partial charge in [0.05, 0.1) is 5.48 Å². The van der Waals surface area contributed by atoms with E-state index in [9.17, 15) is 2.74 Å². The van der Waals surface area contributed by atoms with Crippen LogP contribution in [0, 0.1) is 0 Å². The topological polar surface area (TPSA) is 51.8 Å². The fourth-order valence-corrected chi connectivity index (χ4v) is 6.07. The van der Waals surface area contributed by atoms with Crippen molar-refractivity contribution in [3.63, 3.8) is 0 Å². The summed E-state index contributed by atoms with van der Waals surface area (Å²) in [7, 11) is 0. The largest absolute Gasteiger partial charge is 0.456 e. The van der Waals surface area contributed by atoms with E-state index >= 15 is 0 Å². The highest BCUT2D eigenvalue weighted by atomic mass is 16.3. The molecular weight excluding hydrogens is 599 g/mol. The summed E-state index contributed by atoms with van der Waals surface area (Å²) in [5.41, 5.74) is 7.71. The first-order valence-electron chi connectivity index (χ1n) is 18.0. The lowest BCUT2D eigenvalue weighted by Gasteiger charge is -2.10. The molecule has 0 amide bonds. The molecule has 0 bridgehead atoms. The van der Waals surface area contributed by atoms with Crippen LogP contribution in [0.1, 0.15) is 5.48 Å². The molecule has 0 saturated carbocycles. The number of nitrogens with zero attached hydrogens (tertiary/aromatic N) is 3. The molecule has 0 spiro atoms. The van der Waals surface area contributed by atoms with Crippen LogP contribution in [0.5, 0.6) is 0 Å². The summed E-state index contributed by atoms with van der Waals surface area (Å²) < 4.78 is 42.3. The molecule has 0 aliphatic rings. The van der Waals surface area contributed by atoms with Crippen molar-refractivity contribution in [1.29, 1.82) is 0 Å². The maximum absolute atomic E-state index is 9.38. The Bertz CT molecular complexity index is 2810. The van der Waals surface area contributed by atoms with Crippen LogP contribution in [0.25, 0.3) is 89.5 Å². The van der Waals surface area contributed by atoms with Gasteiger partial charge in [0.2, 0.25) is 0 Å². The van der Waals surface area contributed by atoms with Gasteiger partial charge < -0.3 is 4.42 Å². The number of aromatic nitrogens is 3. The number of benzene rings is 7. The van der Waals surface area contributed by atoms with E-state index in [1.807, 2.05) is 115 Å². The van der Waals surface area contributed by atoms with E-state index in [1.165, 1.54) is 0 Å². The van der Waals surface area contributed by atoms with Gasteiger partial charge in [-0.25, -0.2) is 15.0 Å². The van der Waals surface area contributed by atoms with Gasteiger partial charge in [0, 0.05) is 27.5 Å². The Balaban J connectivity index is 1.23. The van der Waals surface area contributed by atoms with Crippen molar-refractivity contribution in [3.05, 3.63) is 176 Å². The third kappa shape index (κ3) is 5.56. The highest BCUT2D eigenvalue weighted by Gasteiger charge is 2.16. The molecule has 0 fully saturated rings. The zero-order valence-corrected chi connectivity index (χ0v) is 26.2. The van der Waals surface area contributed by atoms with Crippen LogP contribution in [0.3, 0.4) is 0 Å². The zero-order chi connectivity index (χ0) is 36.1. The first-order chi connectivity index (χ1) is 25.9. The van der Waals surface area contributed by atoms with E-state index in [0.717, 1.165) is 38.9 Å². The number of rotatable bonds is 6. The Morgan fingerprint density at radius 3 is 1.53 bits per heavy atom. The molecular formula is C45H29N3O. The molecule has 4 heteroatoms. The summed E-state index contributed by atoms with van der Waals surface area (Å²) in [6, 6.07) is 49.0. The summed E-state index contributed by atoms with van der Waals surface area (Å²) >= 11 is 0. The molecule has 9 aromatic rings. The third-order valence-corrected chi connectivity index (χ3v) is 8.59. The maximum Gasteiger partial charge on any atom is 0.164 e. The molecule has 0 atom stereocenters. The second kappa shape index (κ2) is 12.2. The van der Waals surface area contributed by atoms with Gasteiger partial charge in [-0.1, -0.05) is 146 Å². The molecule has 49 heavy (non-hydrogen) atoms. The predicted molar refractivity (Wildman–Crippen MR) is 200 cm³/mol. The summed E-state index contributed by atoms with van der Waals surface area (Å²) in [6.45, 7) is 0. The average Bonchev–Trinajstić information content (AvgIpc) is 3.62. The van der Waals surface area contributed by atoms with Gasteiger partial charge in [0.25, 0.3) is 0 Å². The Morgan fingerprint density at radius 2 is 0.857 bits per heavy atom. The van der Waals surface area contributed by atoms with Gasteiger partial charge in [-0.15, -0.1) is 0 Å². The number of hydrogen-bond acceptors (Lipinski definition) is 4. The number of furan rings is 1. The Morgan fingerprint density at radius 1 is 0.347 bits per heavy atom. The highest BCUT2D eigenvalue weighted by Crippen LogP contribution is 2.35. The summed E-state index contributed by atoms with van der Waals surface area (Å²) in [5, 5.41) is 0.916. The van der Waals surface area contributed by atoms with Crippen LogP contribution >= 0.6 is 0 Å². The SMILES string of the molecule is [2H]c1c(-c2ccccc2)cc2c(oc3c([2H])c(-c4nc(-c5ccc(-c6ccccc6)cc5)nc(-c5cccc(-c6ccccc6)c5)n4)cc([2H])c32)c1[2H]. The van der Waals surface area contributed by atoms with E-state index in [1.54, 1.807) is 12.1 Å². The minimum atomic E-state index is -0.0973. The zero-order valence-electron chi connectivity index (χ0n) is 30.2. The fraction of sp³-hybridized carbons (Fsp3) is 0. The molecule has 230 valence electrons. The highest BCUT2D eigenvalue weighted by molar-refractivity contribution is 6.07. The van der Waals surface area contributed by atoms with Crippen molar-refractivity contribution in [2.24, 2.45) is 0 Å². The minimum absolute atomic E-state index is 0.0139. The standard InChI is InChI=1S/C45H29N3O/c1-4-11-30(12-5-1)33-19-21-34(22-20-33)43-46-44(37-18-10-17-35(27-37)31-13-6-2-7-14-31)48-45(47-43)38-23-25-39-40-28-36(32-15-8-3-9-16-32)24-26-41(40)49-42(39)29-38/h1-29H/i24D,25D,26D,29D. The van der Waals surface area contributed by atoms with Crippen molar-refractivity contribution >= 4 is 21.9 Å². The average molecular weight is 632 g/mol. The monoisotopic (exact) mass is 631 g/mol. The predicted octanol–water partition coefficient (Wildman–Crippen LogP) is 11.8. The summed E-state index contributed by atoms with van der Waals surface area (Å²) in [6.07, 6.45) is 0. The lowest BCUT2D eigenvalue weighted by molar-refractivity contribution is 0.669. The Hall–Kier alpha value is -6.65. The van der Waals surface area contributed by atoms with Gasteiger partial charge in [-0.3, -0.25) is 0 Å². The smallest absolute Gasteiger partial charge is 0.164 e. The minimum Gasteiger partial charge on any atom is -0.456 e. The van der Waals surface area contributed by atoms with Gasteiger partial charge in [0.15, 0.2) is 17.5 Å². The van der Waals surface area contributed by atoms with Crippen LogP contribution in [-0.2, 0) is 0 Å². The summed E-state index contributed by atoms with van der Waals surface area (Å²) in [4.78, 5) is 14.8. The maximum atomic E-state index is 9.38. The molecule has 0 aliphatic carbocycles. The second-order valence-electron chi connectivity index (χ2n) is 11.7. The summed E-state index contributed by atoms with van der Waals surface area (Å²) in [5.74, 6) is 1.07. The van der Waals surface area contributed by atoms with Crippen LogP contribution in [-0.4, -0.2) is 15.0 Å². The molecule has 2 aromatic heterocycles. The van der Waals surface area contributed by atoms with Gasteiger partial charge in [-0.05, 0) is 63.6 Å². The van der Waals surface area contributed by atoms with E-state index in [-0.39, 0.29) is 41.2 Å². The van der Waals surface area contributed by atoms with Crippen molar-refractivity contribution in [2.45, 2.75) is 0 Å². The third-order valence-electron chi connectivity index (χ3n) is 8.59. The molecule has 0 radical (unpaired) electrons. The van der Waals surface area contributed by atoms with Crippen molar-refractivity contribution in [2.75, 3.05) is 0 Å². The van der Waals surface area contributed by atoms with Crippen molar-refractivity contribution < 1.29 is 9.90 Å². The molecule has 9 rings (SSSR count). The van der Waals surface area contributed by atoms with Crippen molar-refractivity contribution in [3.8, 4) is 67.5 Å². The van der Waals surface area contributed by atoms with Crippen LogP contribution < -0.4 is 0 Å². The van der Waals surface area contributed by atoms with Crippen LogP contribution in [0.4, 0.5) is 0 Å². The van der Waals surface area contributed by atoms with Gasteiger partial charge in [0.1, 0.15) is 11.2 Å². The van der Waals surface area contributed by atoms with E-state index < -0.39 is 0 Å². The Kier molecular flexibility index (Phi) is 6.09. The van der Waals surface area contributed by atoms with E-state index in [2.05, 4.69) is 24.3 Å². The lowest BCUT2D eigenvalue weighted by Crippen LogP contribution is -2.00. The first kappa shape index (κ1) is 24.5. The van der Waals surface area contributed by atoms with Gasteiger partial charge >= 0.3 is 0 Å². The van der Waals surface area contributed by atoms with E-state index in [0.29, 0.717) is 33.5 Å². The molecule has 0 aliphatic heterocycles. The molecule has 0 N–H and O–H groups in total. The quantitative estimate of drug-likeness (QED) is 0.183. The van der Waals surface area contributed by atoms with Crippen LogP contribution in [0.2, 0.25) is 0 Å². The normalized spacial score (nSPS) is 12.4. The molecule has 4 nitrogen and oxygen atoms in total. The molecule has 7 aromatic carbocycles. The lowest BCUT2D eigenvalue weighted by atomic mass is 10.0. The fourth-order valence-electron chi connectivity index (χ4n) is 6.07.